The van der Waals surface area contributed by atoms with Gasteiger partial charge in [0.2, 0.25) is 5.91 Å². The summed E-state index contributed by atoms with van der Waals surface area (Å²) in [6.45, 7) is 1.86. The number of hydrogen-bond donors (Lipinski definition) is 1. The molecule has 1 aliphatic carbocycles. The second-order valence-corrected chi connectivity index (χ2v) is 4.43. The van der Waals surface area contributed by atoms with E-state index in [2.05, 4.69) is 20.8 Å². The zero-order valence-corrected chi connectivity index (χ0v) is 10.8. The lowest BCUT2D eigenvalue weighted by Gasteiger charge is -2.11. The molecule has 2 rings (SSSR count). The third-order valence-corrected chi connectivity index (χ3v) is 3.00. The Morgan fingerprint density at radius 2 is 2.16 bits per heavy atom. The number of ether oxygens (including phenoxy) is 1. The summed E-state index contributed by atoms with van der Waals surface area (Å²) in [7, 11) is 0. The van der Waals surface area contributed by atoms with Crippen LogP contribution < -0.4 is 5.32 Å². The largest absolute Gasteiger partial charge is 0.460 e. The van der Waals surface area contributed by atoms with Crippen molar-refractivity contribution in [2.24, 2.45) is 0 Å². The fourth-order valence-electron chi connectivity index (χ4n) is 2.13. The molecule has 0 bridgehead atoms. The van der Waals surface area contributed by atoms with Gasteiger partial charge in [-0.05, 0) is 30.2 Å². The maximum absolute atomic E-state index is 11.8. The van der Waals surface area contributed by atoms with E-state index in [1.165, 1.54) is 0 Å². The summed E-state index contributed by atoms with van der Waals surface area (Å²) >= 11 is 0. The van der Waals surface area contributed by atoms with Crippen molar-refractivity contribution in [3.05, 3.63) is 5.82 Å². The average molecular weight is 267 g/mol. The molecule has 1 amide bonds. The van der Waals surface area contributed by atoms with Crippen molar-refractivity contribution in [1.29, 1.82) is 0 Å². The topological polar surface area (TPSA) is 99.0 Å². The van der Waals surface area contributed by atoms with Crippen molar-refractivity contribution in [3.63, 3.8) is 0 Å². The minimum Gasteiger partial charge on any atom is -0.460 e. The first-order valence-corrected chi connectivity index (χ1v) is 6.43. The first-order valence-electron chi connectivity index (χ1n) is 6.43. The Bertz CT molecular complexity index is 453. The van der Waals surface area contributed by atoms with Gasteiger partial charge in [0, 0.05) is 6.04 Å². The van der Waals surface area contributed by atoms with E-state index in [1.54, 1.807) is 6.92 Å². The number of amides is 1. The number of tetrazole rings is 1. The first kappa shape index (κ1) is 13.4. The first-order chi connectivity index (χ1) is 9.20. The molecule has 19 heavy (non-hydrogen) atoms. The number of carbonyl (C=O) groups excluding carboxylic acids is 2. The standard InChI is InChI=1S/C11H17N5O3/c1-2-19-11(18)10-13-14-15-16(10)7-9(17)12-8-5-3-4-6-8/h8H,2-7H2,1H3,(H,12,17). The van der Waals surface area contributed by atoms with Gasteiger partial charge >= 0.3 is 5.97 Å². The highest BCUT2D eigenvalue weighted by molar-refractivity contribution is 5.86. The fourth-order valence-corrected chi connectivity index (χ4v) is 2.13. The Labute approximate surface area is 110 Å². The summed E-state index contributed by atoms with van der Waals surface area (Å²) in [6, 6.07) is 0.232. The van der Waals surface area contributed by atoms with E-state index < -0.39 is 5.97 Å². The average Bonchev–Trinajstić information content (AvgIpc) is 3.00. The van der Waals surface area contributed by atoms with Gasteiger partial charge in [-0.2, -0.15) is 0 Å². The van der Waals surface area contributed by atoms with Crippen LogP contribution in [0.15, 0.2) is 0 Å². The molecule has 1 aromatic rings. The van der Waals surface area contributed by atoms with Crippen LogP contribution >= 0.6 is 0 Å². The molecule has 8 nitrogen and oxygen atoms in total. The van der Waals surface area contributed by atoms with Gasteiger partial charge in [0.15, 0.2) is 0 Å². The van der Waals surface area contributed by atoms with Crippen LogP contribution in [0.25, 0.3) is 0 Å². The van der Waals surface area contributed by atoms with Crippen LogP contribution in [-0.4, -0.2) is 44.7 Å². The van der Waals surface area contributed by atoms with Crippen LogP contribution in [0.5, 0.6) is 0 Å². The zero-order valence-electron chi connectivity index (χ0n) is 10.8. The van der Waals surface area contributed by atoms with Gasteiger partial charge in [-0.15, -0.1) is 5.10 Å². The highest BCUT2D eigenvalue weighted by Crippen LogP contribution is 2.17. The second kappa shape index (κ2) is 6.26. The number of nitrogens with one attached hydrogen (secondary N) is 1. The molecule has 1 N–H and O–H groups in total. The molecule has 0 saturated heterocycles. The summed E-state index contributed by atoms with van der Waals surface area (Å²) < 4.78 is 5.96. The lowest BCUT2D eigenvalue weighted by Crippen LogP contribution is -2.36. The van der Waals surface area contributed by atoms with Crippen LogP contribution in [0.1, 0.15) is 43.2 Å². The van der Waals surface area contributed by atoms with Crippen LogP contribution in [0.2, 0.25) is 0 Å². The van der Waals surface area contributed by atoms with Gasteiger partial charge < -0.3 is 10.1 Å². The summed E-state index contributed by atoms with van der Waals surface area (Å²) in [5.74, 6) is -0.866. The molecule has 1 heterocycles. The summed E-state index contributed by atoms with van der Waals surface area (Å²) in [6.07, 6.45) is 4.30. The molecule has 0 radical (unpaired) electrons. The molecular weight excluding hydrogens is 250 g/mol. The highest BCUT2D eigenvalue weighted by Gasteiger charge is 2.21. The lowest BCUT2D eigenvalue weighted by molar-refractivity contribution is -0.122. The Balaban J connectivity index is 1.93. The molecule has 1 fully saturated rings. The molecule has 0 aromatic carbocycles. The van der Waals surface area contributed by atoms with Crippen LogP contribution in [0, 0.1) is 0 Å². The molecule has 104 valence electrons. The molecule has 1 saturated carbocycles. The predicted molar refractivity (Wildman–Crippen MR) is 64.2 cm³/mol. The van der Waals surface area contributed by atoms with E-state index >= 15 is 0 Å². The number of nitrogens with zero attached hydrogens (tertiary/aromatic N) is 4. The third kappa shape index (κ3) is 3.49. The van der Waals surface area contributed by atoms with Gasteiger partial charge in [0.05, 0.1) is 6.61 Å². The Kier molecular flexibility index (Phi) is 4.43. The Morgan fingerprint density at radius 1 is 1.42 bits per heavy atom. The molecule has 0 aliphatic heterocycles. The summed E-state index contributed by atoms with van der Waals surface area (Å²) in [5, 5.41) is 13.5. The molecule has 1 aromatic heterocycles. The van der Waals surface area contributed by atoms with E-state index in [0.29, 0.717) is 0 Å². The van der Waals surface area contributed by atoms with Gasteiger partial charge in [-0.1, -0.05) is 12.8 Å². The Hall–Kier alpha value is -1.99. The predicted octanol–water partition coefficient (Wildman–Crippen LogP) is -0.0914. The second-order valence-electron chi connectivity index (χ2n) is 4.43. The maximum Gasteiger partial charge on any atom is 0.378 e. The normalized spacial score (nSPS) is 15.4. The molecule has 0 unspecified atom stereocenters. The van der Waals surface area contributed by atoms with E-state index in [-0.39, 0.29) is 30.9 Å². The summed E-state index contributed by atoms with van der Waals surface area (Å²) in [4.78, 5) is 23.4. The van der Waals surface area contributed by atoms with E-state index in [1.807, 2.05) is 0 Å². The quantitative estimate of drug-likeness (QED) is 0.748. The van der Waals surface area contributed by atoms with Crippen molar-refractivity contribution in [1.82, 2.24) is 25.5 Å². The molecule has 8 heteroatoms. The summed E-state index contributed by atoms with van der Waals surface area (Å²) in [5.41, 5.74) is 0. The molecule has 0 atom stereocenters. The zero-order chi connectivity index (χ0) is 13.7. The molecule has 0 spiro atoms. The third-order valence-electron chi connectivity index (χ3n) is 3.00. The van der Waals surface area contributed by atoms with Crippen molar-refractivity contribution < 1.29 is 14.3 Å². The van der Waals surface area contributed by atoms with E-state index in [4.69, 9.17) is 4.74 Å². The fraction of sp³-hybridized carbons (Fsp3) is 0.727. The maximum atomic E-state index is 11.8. The molecular formula is C11H17N5O3. The smallest absolute Gasteiger partial charge is 0.378 e. The highest BCUT2D eigenvalue weighted by atomic mass is 16.5. The van der Waals surface area contributed by atoms with Crippen molar-refractivity contribution in [3.8, 4) is 0 Å². The number of carbonyl (C=O) groups is 2. The van der Waals surface area contributed by atoms with Gasteiger partial charge in [0.25, 0.3) is 5.82 Å². The van der Waals surface area contributed by atoms with Crippen molar-refractivity contribution in [2.75, 3.05) is 6.61 Å². The van der Waals surface area contributed by atoms with E-state index in [0.717, 1.165) is 30.4 Å². The van der Waals surface area contributed by atoms with Gasteiger partial charge in [-0.3, -0.25) is 4.79 Å². The van der Waals surface area contributed by atoms with Crippen LogP contribution in [0.4, 0.5) is 0 Å². The Morgan fingerprint density at radius 3 is 2.84 bits per heavy atom. The number of rotatable bonds is 5. The number of esters is 1. The minimum atomic E-state index is -0.624. The van der Waals surface area contributed by atoms with Gasteiger partial charge in [0.1, 0.15) is 6.54 Å². The monoisotopic (exact) mass is 267 g/mol. The number of hydrogen-bond acceptors (Lipinski definition) is 6. The minimum absolute atomic E-state index is 0.0524. The van der Waals surface area contributed by atoms with E-state index in [9.17, 15) is 9.59 Å². The lowest BCUT2D eigenvalue weighted by atomic mass is 10.2. The van der Waals surface area contributed by atoms with Crippen molar-refractivity contribution >= 4 is 11.9 Å². The SMILES string of the molecule is CCOC(=O)c1nnnn1CC(=O)NC1CCCC1. The van der Waals surface area contributed by atoms with Crippen molar-refractivity contribution in [2.45, 2.75) is 45.2 Å². The van der Waals surface area contributed by atoms with Crippen LogP contribution in [0.3, 0.4) is 0 Å². The van der Waals surface area contributed by atoms with Crippen LogP contribution in [-0.2, 0) is 16.1 Å². The molecule has 1 aliphatic rings. The van der Waals surface area contributed by atoms with Gasteiger partial charge in [-0.25, -0.2) is 9.48 Å². The number of aromatic nitrogens is 4.